The molecular weight excluding hydrogens is 398 g/mol. The topological polar surface area (TPSA) is 21.3 Å². The van der Waals surface area contributed by atoms with Crippen molar-refractivity contribution >= 4 is 33.2 Å². The Labute approximate surface area is 161 Å². The van der Waals surface area contributed by atoms with E-state index in [0.29, 0.717) is 6.61 Å². The molecule has 0 unspecified atom stereocenters. The summed E-state index contributed by atoms with van der Waals surface area (Å²) >= 11 is 9.39. The van der Waals surface area contributed by atoms with Crippen molar-refractivity contribution in [2.75, 3.05) is 5.32 Å². The van der Waals surface area contributed by atoms with Gasteiger partial charge in [-0.2, -0.15) is 0 Å². The number of anilines is 1. The molecule has 3 aromatic carbocycles. The van der Waals surface area contributed by atoms with Crippen LogP contribution in [0.4, 0.5) is 5.69 Å². The molecule has 2 nitrogen and oxygen atoms in total. The Morgan fingerprint density at radius 3 is 2.52 bits per heavy atom. The largest absolute Gasteiger partial charge is 0.489 e. The first kappa shape index (κ1) is 17.8. The molecule has 0 spiro atoms. The van der Waals surface area contributed by atoms with E-state index in [-0.39, 0.29) is 0 Å². The molecule has 3 rings (SSSR count). The zero-order valence-corrected chi connectivity index (χ0v) is 16.3. The minimum atomic E-state index is 0.528. The van der Waals surface area contributed by atoms with Gasteiger partial charge in [0.2, 0.25) is 0 Å². The van der Waals surface area contributed by atoms with Gasteiger partial charge in [-0.1, -0.05) is 51.8 Å². The highest BCUT2D eigenvalue weighted by atomic mass is 79.9. The molecule has 1 N–H and O–H groups in total. The van der Waals surface area contributed by atoms with E-state index < -0.39 is 0 Å². The monoisotopic (exact) mass is 415 g/mol. The smallest absolute Gasteiger partial charge is 0.120 e. The number of hydrogen-bond donors (Lipinski definition) is 1. The minimum absolute atomic E-state index is 0.528. The molecule has 128 valence electrons. The number of hydrogen-bond acceptors (Lipinski definition) is 2. The Morgan fingerprint density at radius 1 is 0.960 bits per heavy atom. The highest BCUT2D eigenvalue weighted by molar-refractivity contribution is 9.10. The molecule has 0 atom stereocenters. The van der Waals surface area contributed by atoms with Crippen molar-refractivity contribution in [3.05, 3.63) is 92.9 Å². The van der Waals surface area contributed by atoms with E-state index in [1.165, 1.54) is 11.1 Å². The third-order valence-corrected chi connectivity index (χ3v) is 4.63. The quantitative estimate of drug-likeness (QED) is 0.488. The summed E-state index contributed by atoms with van der Waals surface area (Å²) in [5.41, 5.74) is 4.62. The van der Waals surface area contributed by atoms with Crippen LogP contribution in [-0.2, 0) is 13.2 Å². The van der Waals surface area contributed by atoms with E-state index in [4.69, 9.17) is 16.3 Å². The van der Waals surface area contributed by atoms with E-state index in [0.717, 1.165) is 33.0 Å². The van der Waals surface area contributed by atoms with Crippen LogP contribution in [0.3, 0.4) is 0 Å². The molecule has 0 heterocycles. The van der Waals surface area contributed by atoms with Gasteiger partial charge in [-0.25, -0.2) is 0 Å². The molecule has 0 bridgehead atoms. The van der Waals surface area contributed by atoms with Gasteiger partial charge in [0.15, 0.2) is 0 Å². The summed E-state index contributed by atoms with van der Waals surface area (Å²) in [6, 6.07) is 22.1. The average molecular weight is 417 g/mol. The Bertz CT molecular complexity index is 849. The SMILES string of the molecule is Cc1cc(Br)ccc1NCc1cccc(OCc2ccc(Cl)cc2)c1. The van der Waals surface area contributed by atoms with Gasteiger partial charge >= 0.3 is 0 Å². The molecule has 0 saturated heterocycles. The van der Waals surface area contributed by atoms with Crippen LogP contribution in [-0.4, -0.2) is 0 Å². The van der Waals surface area contributed by atoms with Crippen LogP contribution in [0.5, 0.6) is 5.75 Å². The molecule has 0 saturated carbocycles. The Morgan fingerprint density at radius 2 is 1.76 bits per heavy atom. The maximum absolute atomic E-state index is 5.90. The third kappa shape index (κ3) is 5.25. The fourth-order valence-corrected chi connectivity index (χ4v) is 3.12. The zero-order valence-electron chi connectivity index (χ0n) is 13.9. The molecule has 0 aliphatic rings. The summed E-state index contributed by atoms with van der Waals surface area (Å²) in [4.78, 5) is 0. The van der Waals surface area contributed by atoms with E-state index in [1.54, 1.807) is 0 Å². The van der Waals surface area contributed by atoms with E-state index >= 15 is 0 Å². The Kier molecular flexibility index (Phi) is 6.00. The van der Waals surface area contributed by atoms with Gasteiger partial charge in [0.25, 0.3) is 0 Å². The molecule has 0 amide bonds. The molecule has 4 heteroatoms. The second-order valence-corrected chi connectivity index (χ2v) is 7.23. The van der Waals surface area contributed by atoms with E-state index in [2.05, 4.69) is 52.4 Å². The van der Waals surface area contributed by atoms with Crippen LogP contribution in [0.25, 0.3) is 0 Å². The maximum Gasteiger partial charge on any atom is 0.120 e. The van der Waals surface area contributed by atoms with Crippen molar-refractivity contribution in [3.8, 4) is 5.75 Å². The van der Waals surface area contributed by atoms with Crippen LogP contribution in [0.2, 0.25) is 5.02 Å². The van der Waals surface area contributed by atoms with Crippen LogP contribution in [0, 0.1) is 6.92 Å². The third-order valence-electron chi connectivity index (χ3n) is 3.89. The van der Waals surface area contributed by atoms with Crippen molar-refractivity contribution in [2.45, 2.75) is 20.1 Å². The van der Waals surface area contributed by atoms with Crippen molar-refractivity contribution in [3.63, 3.8) is 0 Å². The number of benzene rings is 3. The lowest BCUT2D eigenvalue weighted by molar-refractivity contribution is 0.306. The lowest BCUT2D eigenvalue weighted by atomic mass is 10.1. The number of ether oxygens (including phenoxy) is 1. The highest BCUT2D eigenvalue weighted by Crippen LogP contribution is 2.22. The lowest BCUT2D eigenvalue weighted by Gasteiger charge is -2.12. The Hall–Kier alpha value is -1.97. The van der Waals surface area contributed by atoms with E-state index in [9.17, 15) is 0 Å². The molecule has 25 heavy (non-hydrogen) atoms. The first-order valence-electron chi connectivity index (χ1n) is 8.06. The fourth-order valence-electron chi connectivity index (χ4n) is 2.52. The summed E-state index contributed by atoms with van der Waals surface area (Å²) in [7, 11) is 0. The molecule has 0 aliphatic heterocycles. The fraction of sp³-hybridized carbons (Fsp3) is 0.143. The average Bonchev–Trinajstić information content (AvgIpc) is 2.61. The van der Waals surface area contributed by atoms with Crippen molar-refractivity contribution < 1.29 is 4.74 Å². The standard InChI is InChI=1S/C21H19BrClNO/c1-15-11-18(22)7-10-21(15)24-13-17-3-2-4-20(12-17)25-14-16-5-8-19(23)9-6-16/h2-12,24H,13-14H2,1H3. The summed E-state index contributed by atoms with van der Waals surface area (Å²) in [5.74, 6) is 0.863. The van der Waals surface area contributed by atoms with Gasteiger partial charge in [0.1, 0.15) is 12.4 Å². The summed E-state index contributed by atoms with van der Waals surface area (Å²) in [5, 5.41) is 4.21. The number of rotatable bonds is 6. The van der Waals surface area contributed by atoms with Crippen LogP contribution in [0.1, 0.15) is 16.7 Å². The minimum Gasteiger partial charge on any atom is -0.489 e. The van der Waals surface area contributed by atoms with Gasteiger partial charge in [-0.05, 0) is 66.1 Å². The second kappa shape index (κ2) is 8.41. The molecule has 0 aliphatic carbocycles. The van der Waals surface area contributed by atoms with Crippen LogP contribution in [0.15, 0.2) is 71.2 Å². The van der Waals surface area contributed by atoms with Gasteiger partial charge in [-0.3, -0.25) is 0 Å². The zero-order chi connectivity index (χ0) is 17.6. The second-order valence-electron chi connectivity index (χ2n) is 5.88. The van der Waals surface area contributed by atoms with Gasteiger partial charge in [0.05, 0.1) is 0 Å². The van der Waals surface area contributed by atoms with Gasteiger partial charge in [0, 0.05) is 21.7 Å². The maximum atomic E-state index is 5.90. The lowest BCUT2D eigenvalue weighted by Crippen LogP contribution is -2.02. The highest BCUT2D eigenvalue weighted by Gasteiger charge is 2.02. The van der Waals surface area contributed by atoms with Crippen molar-refractivity contribution in [2.24, 2.45) is 0 Å². The molecule has 3 aromatic rings. The Balaban J connectivity index is 1.60. The van der Waals surface area contributed by atoms with Gasteiger partial charge < -0.3 is 10.1 Å². The first-order valence-corrected chi connectivity index (χ1v) is 9.23. The summed E-state index contributed by atoms with van der Waals surface area (Å²) in [6.07, 6.45) is 0. The first-order chi connectivity index (χ1) is 12.1. The molecular formula is C21H19BrClNO. The van der Waals surface area contributed by atoms with E-state index in [1.807, 2.05) is 42.5 Å². The molecule has 0 fully saturated rings. The molecule has 0 radical (unpaired) electrons. The number of halogens is 2. The van der Waals surface area contributed by atoms with Gasteiger partial charge in [-0.15, -0.1) is 0 Å². The molecule has 0 aromatic heterocycles. The van der Waals surface area contributed by atoms with Crippen molar-refractivity contribution in [1.29, 1.82) is 0 Å². The number of nitrogens with one attached hydrogen (secondary N) is 1. The van der Waals surface area contributed by atoms with Crippen LogP contribution >= 0.6 is 27.5 Å². The number of aryl methyl sites for hydroxylation is 1. The van der Waals surface area contributed by atoms with Crippen LogP contribution < -0.4 is 10.1 Å². The summed E-state index contributed by atoms with van der Waals surface area (Å²) < 4.78 is 6.98. The van der Waals surface area contributed by atoms with Crippen molar-refractivity contribution in [1.82, 2.24) is 0 Å². The normalized spacial score (nSPS) is 10.5. The summed E-state index contributed by atoms with van der Waals surface area (Å²) in [6.45, 7) is 3.37. The predicted octanol–water partition coefficient (Wildman–Crippen LogP) is 6.60. The predicted molar refractivity (Wildman–Crippen MR) is 108 cm³/mol.